The molecule has 0 saturated carbocycles. The Labute approximate surface area is 204 Å². The molecule has 3 aromatic carbocycles. The van der Waals surface area contributed by atoms with Crippen LogP contribution in [0, 0.1) is 0 Å². The van der Waals surface area contributed by atoms with Gasteiger partial charge in [0, 0.05) is 0 Å². The van der Waals surface area contributed by atoms with Crippen molar-refractivity contribution >= 4 is 12.4 Å². The van der Waals surface area contributed by atoms with Gasteiger partial charge in [-0.05, 0) is 44.2 Å². The molecule has 0 spiro atoms. The number of benzene rings is 3. The molecule has 3 aromatic rings. The second kappa shape index (κ2) is 11.1. The van der Waals surface area contributed by atoms with Gasteiger partial charge in [-0.1, -0.05) is 125 Å². The molecule has 0 saturated heterocycles. The monoisotopic (exact) mass is 456 g/mol. The van der Waals surface area contributed by atoms with Gasteiger partial charge in [0.1, 0.15) is 13.2 Å². The van der Waals surface area contributed by atoms with Crippen molar-refractivity contribution < 1.29 is 9.68 Å². The summed E-state index contributed by atoms with van der Waals surface area (Å²) in [4.78, 5) is 10.9. The first-order valence-electron chi connectivity index (χ1n) is 11.7. The number of rotatable bonds is 8. The van der Waals surface area contributed by atoms with E-state index >= 15 is 0 Å². The maximum absolute atomic E-state index is 5.45. The second-order valence-corrected chi connectivity index (χ2v) is 10.6. The van der Waals surface area contributed by atoms with E-state index in [9.17, 15) is 0 Å². The maximum atomic E-state index is 5.45. The topological polar surface area (TPSA) is 43.2 Å². The Morgan fingerprint density at radius 1 is 0.529 bits per heavy atom. The minimum absolute atomic E-state index is 0.147. The molecule has 34 heavy (non-hydrogen) atoms. The normalized spacial score (nSPS) is 12.4. The molecule has 0 fully saturated rings. The van der Waals surface area contributed by atoms with Gasteiger partial charge in [-0.2, -0.15) is 0 Å². The predicted molar refractivity (Wildman–Crippen MR) is 141 cm³/mol. The number of nitrogens with zero attached hydrogens (tertiary/aromatic N) is 2. The van der Waals surface area contributed by atoms with Crippen LogP contribution in [0.3, 0.4) is 0 Å². The van der Waals surface area contributed by atoms with Crippen molar-refractivity contribution in [2.75, 3.05) is 0 Å². The van der Waals surface area contributed by atoms with Crippen LogP contribution in [-0.2, 0) is 33.7 Å². The Morgan fingerprint density at radius 2 is 0.853 bits per heavy atom. The molecule has 0 radical (unpaired) electrons. The molecule has 0 aliphatic carbocycles. The van der Waals surface area contributed by atoms with E-state index in [-0.39, 0.29) is 10.8 Å². The van der Waals surface area contributed by atoms with Crippen molar-refractivity contribution in [2.45, 2.75) is 65.6 Å². The molecule has 3 rings (SSSR count). The molecule has 0 aromatic heterocycles. The second-order valence-electron chi connectivity index (χ2n) is 10.6. The maximum Gasteiger partial charge on any atom is 0.142 e. The van der Waals surface area contributed by atoms with Gasteiger partial charge >= 0.3 is 0 Å². The van der Waals surface area contributed by atoms with Gasteiger partial charge in [0.05, 0.1) is 12.4 Å². The standard InChI is InChI=1S/C30H36N2O2/c1-29(2,3)27-15-11-23(12-16-27)19-31-33-21-25-7-9-26(10-8-25)22-34-32-20-24-13-17-28(18-14-24)30(4,5)6/h7-20H,21-22H2,1-6H3/b31-19-,32-20-. The van der Waals surface area contributed by atoms with E-state index in [1.54, 1.807) is 12.4 Å². The third-order valence-electron chi connectivity index (χ3n) is 5.59. The van der Waals surface area contributed by atoms with Crippen LogP contribution in [-0.4, -0.2) is 12.4 Å². The quantitative estimate of drug-likeness (QED) is 0.262. The molecule has 0 atom stereocenters. The van der Waals surface area contributed by atoms with Crippen molar-refractivity contribution in [2.24, 2.45) is 10.3 Å². The Hall–Kier alpha value is -3.40. The van der Waals surface area contributed by atoms with Crippen LogP contribution in [0.4, 0.5) is 0 Å². The average molecular weight is 457 g/mol. The lowest BCUT2D eigenvalue weighted by molar-refractivity contribution is 0.130. The largest absolute Gasteiger partial charge is 0.391 e. The summed E-state index contributed by atoms with van der Waals surface area (Å²) < 4.78 is 0. The van der Waals surface area contributed by atoms with E-state index in [4.69, 9.17) is 9.68 Å². The summed E-state index contributed by atoms with van der Waals surface area (Å²) in [5.41, 5.74) is 7.03. The molecule has 0 aliphatic heterocycles. The molecule has 0 unspecified atom stereocenters. The van der Waals surface area contributed by atoms with E-state index in [2.05, 4.69) is 100 Å². The zero-order valence-corrected chi connectivity index (χ0v) is 21.2. The van der Waals surface area contributed by atoms with E-state index in [1.807, 2.05) is 24.3 Å². The fourth-order valence-electron chi connectivity index (χ4n) is 3.29. The molecule has 0 N–H and O–H groups in total. The van der Waals surface area contributed by atoms with Crippen LogP contribution in [0.15, 0.2) is 83.1 Å². The highest BCUT2D eigenvalue weighted by Gasteiger charge is 2.13. The zero-order chi connectivity index (χ0) is 24.6. The van der Waals surface area contributed by atoms with Crippen molar-refractivity contribution in [3.05, 3.63) is 106 Å². The summed E-state index contributed by atoms with van der Waals surface area (Å²) in [5, 5.41) is 8.18. The average Bonchev–Trinajstić information content (AvgIpc) is 2.80. The first-order chi connectivity index (χ1) is 16.1. The molecule has 0 amide bonds. The fraction of sp³-hybridized carbons (Fsp3) is 0.333. The van der Waals surface area contributed by atoms with Gasteiger partial charge in [-0.25, -0.2) is 0 Å². The first-order valence-corrected chi connectivity index (χ1v) is 11.7. The molecule has 0 heterocycles. The van der Waals surface area contributed by atoms with Crippen molar-refractivity contribution in [1.82, 2.24) is 0 Å². The Kier molecular flexibility index (Phi) is 8.27. The van der Waals surface area contributed by atoms with Crippen molar-refractivity contribution in [3.63, 3.8) is 0 Å². The van der Waals surface area contributed by atoms with Gasteiger partial charge in [0.25, 0.3) is 0 Å². The molecule has 0 aliphatic rings. The summed E-state index contributed by atoms with van der Waals surface area (Å²) in [6, 6.07) is 24.8. The number of oxime groups is 2. The van der Waals surface area contributed by atoms with Gasteiger partial charge in [0.15, 0.2) is 0 Å². The molecule has 0 bridgehead atoms. The highest BCUT2D eigenvalue weighted by atomic mass is 16.6. The highest BCUT2D eigenvalue weighted by Crippen LogP contribution is 2.22. The third kappa shape index (κ3) is 7.87. The molecular formula is C30H36N2O2. The molecule has 178 valence electrons. The lowest BCUT2D eigenvalue weighted by Crippen LogP contribution is -2.10. The smallest absolute Gasteiger partial charge is 0.142 e. The summed E-state index contributed by atoms with van der Waals surface area (Å²) in [5.74, 6) is 0. The molecular weight excluding hydrogens is 420 g/mol. The first kappa shape index (κ1) is 25.2. The van der Waals surface area contributed by atoms with Crippen LogP contribution in [0.25, 0.3) is 0 Å². The SMILES string of the molecule is CC(C)(C)c1ccc(/C=N\OCc2ccc(CO/N=C\c3ccc(C(C)(C)C)cc3)cc2)cc1. The van der Waals surface area contributed by atoms with Crippen LogP contribution < -0.4 is 0 Å². The number of hydrogen-bond donors (Lipinski definition) is 0. The van der Waals surface area contributed by atoms with E-state index in [1.165, 1.54) is 11.1 Å². The lowest BCUT2D eigenvalue weighted by Gasteiger charge is -2.18. The van der Waals surface area contributed by atoms with Crippen LogP contribution in [0.5, 0.6) is 0 Å². The van der Waals surface area contributed by atoms with Crippen LogP contribution >= 0.6 is 0 Å². The minimum atomic E-state index is 0.147. The van der Waals surface area contributed by atoms with E-state index in [0.29, 0.717) is 13.2 Å². The van der Waals surface area contributed by atoms with Gasteiger partial charge in [0.2, 0.25) is 0 Å². The summed E-state index contributed by atoms with van der Waals surface area (Å²) in [6.07, 6.45) is 3.48. The Balaban J connectivity index is 1.41. The Morgan fingerprint density at radius 3 is 1.15 bits per heavy atom. The zero-order valence-electron chi connectivity index (χ0n) is 21.2. The lowest BCUT2D eigenvalue weighted by atomic mass is 9.87. The third-order valence-corrected chi connectivity index (χ3v) is 5.59. The minimum Gasteiger partial charge on any atom is -0.391 e. The van der Waals surface area contributed by atoms with Crippen LogP contribution in [0.2, 0.25) is 0 Å². The fourth-order valence-corrected chi connectivity index (χ4v) is 3.29. The van der Waals surface area contributed by atoms with Gasteiger partial charge in [-0.15, -0.1) is 0 Å². The van der Waals surface area contributed by atoms with Crippen molar-refractivity contribution in [3.8, 4) is 0 Å². The summed E-state index contributed by atoms with van der Waals surface area (Å²) in [6.45, 7) is 14.1. The molecule has 4 heteroatoms. The summed E-state index contributed by atoms with van der Waals surface area (Å²) in [7, 11) is 0. The highest BCUT2D eigenvalue weighted by molar-refractivity contribution is 5.79. The summed E-state index contributed by atoms with van der Waals surface area (Å²) >= 11 is 0. The van der Waals surface area contributed by atoms with Crippen molar-refractivity contribution in [1.29, 1.82) is 0 Å². The van der Waals surface area contributed by atoms with E-state index < -0.39 is 0 Å². The van der Waals surface area contributed by atoms with Gasteiger partial charge < -0.3 is 9.68 Å². The van der Waals surface area contributed by atoms with Crippen LogP contribution in [0.1, 0.15) is 74.9 Å². The van der Waals surface area contributed by atoms with Gasteiger partial charge in [-0.3, -0.25) is 0 Å². The van der Waals surface area contributed by atoms with E-state index in [0.717, 1.165) is 22.3 Å². The predicted octanol–water partition coefficient (Wildman–Crippen LogP) is 7.38. The number of hydrogen-bond acceptors (Lipinski definition) is 4. The Bertz CT molecular complexity index is 993. The molecule has 4 nitrogen and oxygen atoms in total.